The minimum absolute atomic E-state index is 0.0742. The van der Waals surface area contributed by atoms with E-state index in [2.05, 4.69) is 148 Å². The van der Waals surface area contributed by atoms with Crippen LogP contribution in [-0.4, -0.2) is 0 Å². The fourth-order valence-corrected chi connectivity index (χ4v) is 12.0. The lowest BCUT2D eigenvalue weighted by molar-refractivity contribution is -0.0397. The third-order valence-electron chi connectivity index (χ3n) is 14.1. The van der Waals surface area contributed by atoms with Crippen LogP contribution in [0.5, 0.6) is 0 Å². The van der Waals surface area contributed by atoms with Gasteiger partial charge in [-0.2, -0.15) is 0 Å². The zero-order valence-corrected chi connectivity index (χ0v) is 29.7. The van der Waals surface area contributed by atoms with Gasteiger partial charge < -0.3 is 4.90 Å². The molecule has 4 bridgehead atoms. The van der Waals surface area contributed by atoms with E-state index in [4.69, 9.17) is 0 Å². The molecule has 0 aromatic heterocycles. The molecule has 246 valence electrons. The van der Waals surface area contributed by atoms with E-state index in [-0.39, 0.29) is 16.2 Å². The van der Waals surface area contributed by atoms with Crippen LogP contribution < -0.4 is 4.90 Å². The number of nitrogens with zero attached hydrogens (tertiary/aromatic N) is 1. The molecular formula is C48H49N. The van der Waals surface area contributed by atoms with Crippen molar-refractivity contribution in [1.29, 1.82) is 0 Å². The highest BCUT2D eigenvalue weighted by atomic mass is 15.1. The molecule has 11 rings (SSSR count). The molecule has 4 saturated carbocycles. The van der Waals surface area contributed by atoms with Crippen LogP contribution in [0.25, 0.3) is 22.3 Å². The normalized spacial score (nSPS) is 27.8. The maximum absolute atomic E-state index is 2.60. The van der Waals surface area contributed by atoms with E-state index in [0.717, 1.165) is 11.8 Å². The fraction of sp³-hybridized carbons (Fsp3) is 0.375. The molecule has 1 heteroatoms. The molecule has 6 aliphatic rings. The topological polar surface area (TPSA) is 3.24 Å². The monoisotopic (exact) mass is 639 g/mol. The summed E-state index contributed by atoms with van der Waals surface area (Å²) in [5, 5.41) is 0. The summed E-state index contributed by atoms with van der Waals surface area (Å²) >= 11 is 0. The van der Waals surface area contributed by atoms with Gasteiger partial charge >= 0.3 is 0 Å². The van der Waals surface area contributed by atoms with Gasteiger partial charge in [0, 0.05) is 22.4 Å². The van der Waals surface area contributed by atoms with Crippen LogP contribution in [0.3, 0.4) is 0 Å². The molecule has 5 aromatic rings. The predicted octanol–water partition coefficient (Wildman–Crippen LogP) is 12.9. The van der Waals surface area contributed by atoms with E-state index in [9.17, 15) is 0 Å². The number of rotatable bonds is 4. The molecule has 0 N–H and O–H groups in total. The zero-order valence-electron chi connectivity index (χ0n) is 29.7. The van der Waals surface area contributed by atoms with Gasteiger partial charge in [-0.3, -0.25) is 0 Å². The Labute approximate surface area is 293 Å². The molecule has 1 spiro atoms. The Balaban J connectivity index is 1.26. The van der Waals surface area contributed by atoms with Crippen molar-refractivity contribution in [2.45, 2.75) is 88.9 Å². The first-order valence-corrected chi connectivity index (χ1v) is 19.1. The summed E-state index contributed by atoms with van der Waals surface area (Å²) in [6.45, 7) is 9.78. The van der Waals surface area contributed by atoms with Crippen LogP contribution in [0.4, 0.5) is 17.1 Å². The smallest absolute Gasteiger partial charge is 0.0543 e. The largest absolute Gasteiger partial charge is 0.310 e. The maximum atomic E-state index is 2.60. The van der Waals surface area contributed by atoms with E-state index >= 15 is 0 Å². The van der Waals surface area contributed by atoms with Gasteiger partial charge in [-0.25, -0.2) is 0 Å². The summed E-state index contributed by atoms with van der Waals surface area (Å²) in [4.78, 5) is 2.60. The van der Waals surface area contributed by atoms with Gasteiger partial charge in [0.2, 0.25) is 0 Å². The first-order valence-electron chi connectivity index (χ1n) is 19.1. The molecule has 49 heavy (non-hydrogen) atoms. The second-order valence-electron chi connectivity index (χ2n) is 17.6. The third-order valence-corrected chi connectivity index (χ3v) is 14.1. The minimum atomic E-state index is 0.0742. The van der Waals surface area contributed by atoms with Crippen LogP contribution in [0, 0.1) is 23.7 Å². The van der Waals surface area contributed by atoms with E-state index in [0.29, 0.717) is 11.8 Å². The molecule has 6 aliphatic carbocycles. The van der Waals surface area contributed by atoms with E-state index in [1.165, 1.54) is 95.4 Å². The number of fused-ring (bicyclic) bond motifs is 4. The quantitative estimate of drug-likeness (QED) is 0.189. The van der Waals surface area contributed by atoms with Crippen molar-refractivity contribution in [3.8, 4) is 22.3 Å². The average Bonchev–Trinajstić information content (AvgIpc) is 3.42. The Morgan fingerprint density at radius 1 is 0.510 bits per heavy atom. The third kappa shape index (κ3) is 4.17. The summed E-state index contributed by atoms with van der Waals surface area (Å²) in [6.07, 6.45) is 9.46. The summed E-state index contributed by atoms with van der Waals surface area (Å²) in [7, 11) is 0. The lowest BCUT2D eigenvalue weighted by atomic mass is 9.42. The van der Waals surface area contributed by atoms with E-state index < -0.39 is 0 Å². The number of anilines is 3. The molecule has 0 aliphatic heterocycles. The predicted molar refractivity (Wildman–Crippen MR) is 205 cm³/mol. The van der Waals surface area contributed by atoms with Crippen LogP contribution in [0.1, 0.15) is 94.9 Å². The first-order chi connectivity index (χ1) is 23.8. The van der Waals surface area contributed by atoms with Gasteiger partial charge in [0.05, 0.1) is 5.69 Å². The lowest BCUT2D eigenvalue weighted by Gasteiger charge is -2.61. The van der Waals surface area contributed by atoms with Crippen molar-refractivity contribution in [1.82, 2.24) is 0 Å². The van der Waals surface area contributed by atoms with Gasteiger partial charge in [-0.1, -0.05) is 113 Å². The van der Waals surface area contributed by atoms with Gasteiger partial charge in [0.1, 0.15) is 0 Å². The second kappa shape index (κ2) is 10.5. The molecular weight excluding hydrogens is 591 g/mol. The highest BCUT2D eigenvalue weighted by molar-refractivity contribution is 5.98. The number of benzene rings is 5. The van der Waals surface area contributed by atoms with Crippen LogP contribution in [0.2, 0.25) is 0 Å². The van der Waals surface area contributed by atoms with Crippen molar-refractivity contribution in [2.24, 2.45) is 23.7 Å². The van der Waals surface area contributed by atoms with Crippen molar-refractivity contribution in [3.05, 3.63) is 138 Å². The number of hydrogen-bond acceptors (Lipinski definition) is 1. The van der Waals surface area contributed by atoms with E-state index in [1.54, 1.807) is 11.1 Å². The molecule has 0 unspecified atom stereocenters. The second-order valence-corrected chi connectivity index (χ2v) is 17.6. The summed E-state index contributed by atoms with van der Waals surface area (Å²) in [6, 6.07) is 44.6. The SMILES string of the molecule is CC1(C)CCC(C)(C)c2cc(N(c3ccccc3)c3cccc4c3-c3cccc(-c5ccccc5)c3C43C4CC5CC(C4)CC3C5)ccc21. The van der Waals surface area contributed by atoms with E-state index in [1.807, 2.05) is 0 Å². The highest BCUT2D eigenvalue weighted by Crippen LogP contribution is 2.71. The van der Waals surface area contributed by atoms with Crippen molar-refractivity contribution >= 4 is 17.1 Å². The molecule has 0 amide bonds. The Hall–Kier alpha value is -4.10. The highest BCUT2D eigenvalue weighted by Gasteiger charge is 2.62. The lowest BCUT2D eigenvalue weighted by Crippen LogP contribution is -2.55. The van der Waals surface area contributed by atoms with Gasteiger partial charge in [-0.15, -0.1) is 0 Å². The molecule has 0 atom stereocenters. The van der Waals surface area contributed by atoms with Crippen LogP contribution >= 0.6 is 0 Å². The minimum Gasteiger partial charge on any atom is -0.310 e. The van der Waals surface area contributed by atoms with Gasteiger partial charge in [0.25, 0.3) is 0 Å². The molecule has 1 nitrogen and oxygen atoms in total. The number of hydrogen-bond donors (Lipinski definition) is 0. The van der Waals surface area contributed by atoms with Crippen molar-refractivity contribution in [3.63, 3.8) is 0 Å². The van der Waals surface area contributed by atoms with Gasteiger partial charge in [0.15, 0.2) is 0 Å². The van der Waals surface area contributed by atoms with Crippen LogP contribution in [-0.2, 0) is 16.2 Å². The summed E-state index contributed by atoms with van der Waals surface area (Å²) < 4.78 is 0. The first kappa shape index (κ1) is 29.8. The fourth-order valence-electron chi connectivity index (χ4n) is 12.0. The Morgan fingerprint density at radius 3 is 1.82 bits per heavy atom. The standard InChI is InChI=1S/C48H49N/c1-46(2)23-24-47(3,4)42-30-37(21-22-40(42)46)49(36-15-9-6-10-16-36)43-20-12-19-41-44(43)39-18-11-17-38(33-13-7-5-8-14-33)45(39)48(41)34-26-31-25-32(28-34)29-35(48)27-31/h5-22,30-32,34-35H,23-29H2,1-4H3. The Morgan fingerprint density at radius 2 is 1.12 bits per heavy atom. The zero-order chi connectivity index (χ0) is 33.1. The Bertz CT molecular complexity index is 2060. The van der Waals surface area contributed by atoms with Crippen LogP contribution in [0.15, 0.2) is 115 Å². The summed E-state index contributed by atoms with van der Waals surface area (Å²) in [5.41, 5.74) is 16.3. The molecule has 0 heterocycles. The number of para-hydroxylation sites is 1. The molecule has 4 fully saturated rings. The van der Waals surface area contributed by atoms with Crippen molar-refractivity contribution in [2.75, 3.05) is 4.90 Å². The molecule has 0 radical (unpaired) electrons. The molecule has 0 saturated heterocycles. The maximum Gasteiger partial charge on any atom is 0.0543 e. The van der Waals surface area contributed by atoms with Gasteiger partial charge in [-0.05, 0) is 149 Å². The molecule has 5 aromatic carbocycles. The Kier molecular flexibility index (Phi) is 6.36. The summed E-state index contributed by atoms with van der Waals surface area (Å²) in [5.74, 6) is 3.25. The van der Waals surface area contributed by atoms with Crippen molar-refractivity contribution < 1.29 is 0 Å². The average molecular weight is 640 g/mol.